The molecule has 0 fully saturated rings. The Kier molecular flexibility index (Phi) is 6.74. The molecule has 0 aliphatic carbocycles. The van der Waals surface area contributed by atoms with Gasteiger partial charge in [-0.25, -0.2) is 4.79 Å². The van der Waals surface area contributed by atoms with Gasteiger partial charge in [-0.1, -0.05) is 18.2 Å². The zero-order chi connectivity index (χ0) is 20.8. The van der Waals surface area contributed by atoms with Crippen LogP contribution in [0.25, 0.3) is 0 Å². The zero-order valence-electron chi connectivity index (χ0n) is 17.0. The minimum atomic E-state index is -0.434. The van der Waals surface area contributed by atoms with E-state index in [2.05, 4.69) is 0 Å². The van der Waals surface area contributed by atoms with E-state index >= 15 is 0 Å². The molecule has 1 unspecified atom stereocenters. The quantitative estimate of drug-likeness (QED) is 0.497. The van der Waals surface area contributed by atoms with Crippen molar-refractivity contribution in [2.75, 3.05) is 33.3 Å². The average Bonchev–Trinajstić information content (AvgIpc) is 3.19. The number of methoxy groups -OCH3 is 4. The van der Waals surface area contributed by atoms with E-state index in [0.29, 0.717) is 24.7 Å². The number of anilines is 1. The third kappa shape index (κ3) is 4.52. The Bertz CT molecular complexity index is 895. The van der Waals surface area contributed by atoms with Crippen LogP contribution in [0.5, 0.6) is 11.5 Å². The van der Waals surface area contributed by atoms with Gasteiger partial charge >= 0.3 is 5.97 Å². The summed E-state index contributed by atoms with van der Waals surface area (Å²) in [5.41, 5.74) is 4.03. The molecule has 2 aromatic rings. The number of nitrogens with zero attached hydrogens (tertiary/aromatic N) is 1. The van der Waals surface area contributed by atoms with Gasteiger partial charge in [-0.3, -0.25) is 0 Å². The number of hydrogen-bond donors (Lipinski definition) is 0. The molecule has 0 aromatic heterocycles. The summed E-state index contributed by atoms with van der Waals surface area (Å²) in [5.74, 6) is 0.796. The van der Waals surface area contributed by atoms with E-state index < -0.39 is 5.97 Å². The van der Waals surface area contributed by atoms with Crippen LogP contribution in [0.3, 0.4) is 0 Å². The summed E-state index contributed by atoms with van der Waals surface area (Å²) in [6.45, 7) is 0.996. The van der Waals surface area contributed by atoms with Gasteiger partial charge in [0.25, 0.3) is 0 Å². The van der Waals surface area contributed by atoms with Gasteiger partial charge < -0.3 is 28.6 Å². The summed E-state index contributed by atoms with van der Waals surface area (Å²) in [6.07, 6.45) is 2.72. The number of benzene rings is 2. The lowest BCUT2D eigenvalue weighted by molar-refractivity contribution is -0.134. The van der Waals surface area contributed by atoms with E-state index in [1.807, 2.05) is 41.3 Å². The Balaban J connectivity index is 1.97. The van der Waals surface area contributed by atoms with Crippen molar-refractivity contribution in [1.29, 1.82) is 0 Å². The predicted octanol–water partition coefficient (Wildman–Crippen LogP) is 3.57. The molecular weight excluding hydrogens is 374 g/mol. The second kappa shape index (κ2) is 9.45. The van der Waals surface area contributed by atoms with Gasteiger partial charge in [-0.15, -0.1) is 0 Å². The van der Waals surface area contributed by atoms with Gasteiger partial charge in [-0.2, -0.15) is 0 Å². The van der Waals surface area contributed by atoms with Crippen molar-refractivity contribution in [2.45, 2.75) is 19.4 Å². The molecule has 0 radical (unpaired) electrons. The van der Waals surface area contributed by atoms with Crippen molar-refractivity contribution in [2.24, 2.45) is 0 Å². The van der Waals surface area contributed by atoms with Crippen LogP contribution in [0.2, 0.25) is 0 Å². The third-order valence-corrected chi connectivity index (χ3v) is 4.79. The molecule has 0 amide bonds. The lowest BCUT2D eigenvalue weighted by Crippen LogP contribution is -2.17. The van der Waals surface area contributed by atoms with Crippen molar-refractivity contribution in [3.63, 3.8) is 0 Å². The first-order valence-electron chi connectivity index (χ1n) is 9.11. The van der Waals surface area contributed by atoms with Gasteiger partial charge in [0.1, 0.15) is 0 Å². The van der Waals surface area contributed by atoms with Gasteiger partial charge in [0.15, 0.2) is 17.8 Å². The van der Waals surface area contributed by atoms with Gasteiger partial charge in [0.2, 0.25) is 0 Å². The molecular formula is C22H25NO6. The van der Waals surface area contributed by atoms with E-state index in [1.165, 1.54) is 13.2 Å². The fourth-order valence-corrected chi connectivity index (χ4v) is 3.28. The molecule has 0 saturated heterocycles. The number of carbonyl (C=O) groups excluding carboxylic acids is 1. The van der Waals surface area contributed by atoms with Gasteiger partial charge in [-0.05, 0) is 23.3 Å². The van der Waals surface area contributed by atoms with Crippen LogP contribution in [-0.4, -0.2) is 34.4 Å². The Hall–Kier alpha value is -3.03. The molecule has 0 N–H and O–H groups in total. The van der Waals surface area contributed by atoms with E-state index in [4.69, 9.17) is 23.7 Å². The van der Waals surface area contributed by atoms with Gasteiger partial charge in [0, 0.05) is 43.2 Å². The molecule has 29 heavy (non-hydrogen) atoms. The highest BCUT2D eigenvalue weighted by Gasteiger charge is 2.25. The molecule has 1 atom stereocenters. The molecule has 1 aliphatic heterocycles. The number of fused-ring (bicyclic) bond motifs is 1. The summed E-state index contributed by atoms with van der Waals surface area (Å²) in [5, 5.41) is 0. The van der Waals surface area contributed by atoms with Crippen LogP contribution in [0.4, 0.5) is 5.69 Å². The molecule has 154 valence electrons. The highest BCUT2D eigenvalue weighted by molar-refractivity contribution is 5.82. The van der Waals surface area contributed by atoms with E-state index in [1.54, 1.807) is 27.5 Å². The maximum absolute atomic E-state index is 11.7. The maximum atomic E-state index is 11.7. The second-order valence-electron chi connectivity index (χ2n) is 6.37. The molecule has 3 rings (SSSR count). The first kappa shape index (κ1) is 20.7. The molecule has 7 nitrogen and oxygen atoms in total. The van der Waals surface area contributed by atoms with Crippen LogP contribution < -0.4 is 14.4 Å². The fraction of sp³-hybridized carbons (Fsp3) is 0.318. The largest absolute Gasteiger partial charge is 0.493 e. The maximum Gasteiger partial charge on any atom is 0.331 e. The van der Waals surface area contributed by atoms with Crippen molar-refractivity contribution in [1.82, 2.24) is 0 Å². The number of rotatable bonds is 8. The Labute approximate surface area is 170 Å². The highest BCUT2D eigenvalue weighted by atomic mass is 16.7. The smallest absolute Gasteiger partial charge is 0.331 e. The zero-order valence-corrected chi connectivity index (χ0v) is 17.0. The van der Waals surface area contributed by atoms with E-state index in [0.717, 1.165) is 22.4 Å². The summed E-state index contributed by atoms with van der Waals surface area (Å²) in [7, 11) is 6.15. The lowest BCUT2D eigenvalue weighted by Gasteiger charge is -2.23. The van der Waals surface area contributed by atoms with Crippen molar-refractivity contribution in [3.05, 3.63) is 65.4 Å². The Morgan fingerprint density at radius 3 is 2.62 bits per heavy atom. The number of carbonyl (C=O) groups is 1. The highest BCUT2D eigenvalue weighted by Crippen LogP contribution is 2.36. The third-order valence-electron chi connectivity index (χ3n) is 4.79. The van der Waals surface area contributed by atoms with Crippen molar-refractivity contribution < 1.29 is 28.5 Å². The lowest BCUT2D eigenvalue weighted by atomic mass is 10.0. The number of ether oxygens (including phenoxy) is 5. The standard InChI is InChI=1S/C22H25NO6/c1-25-19-9-8-16(12-20(19)26-2)23(11-10-21(24)27-3)13-15-6-5-7-17-18(15)14-29-22(17)28-4/h5-12,22H,13-14H2,1-4H3/b11-10+. The van der Waals surface area contributed by atoms with Crippen molar-refractivity contribution in [3.8, 4) is 11.5 Å². The monoisotopic (exact) mass is 399 g/mol. The van der Waals surface area contributed by atoms with Crippen LogP contribution in [0.1, 0.15) is 23.0 Å². The second-order valence-corrected chi connectivity index (χ2v) is 6.37. The van der Waals surface area contributed by atoms with Crippen LogP contribution in [0.15, 0.2) is 48.7 Å². The Morgan fingerprint density at radius 2 is 1.93 bits per heavy atom. The number of hydrogen-bond acceptors (Lipinski definition) is 7. The summed E-state index contributed by atoms with van der Waals surface area (Å²) in [4.78, 5) is 13.6. The molecule has 7 heteroatoms. The van der Waals surface area contributed by atoms with Gasteiger partial charge in [0.05, 0.1) is 27.9 Å². The summed E-state index contributed by atoms with van der Waals surface area (Å²) < 4.78 is 26.6. The minimum Gasteiger partial charge on any atom is -0.493 e. The predicted molar refractivity (Wildman–Crippen MR) is 108 cm³/mol. The molecule has 2 aromatic carbocycles. The topological polar surface area (TPSA) is 66.5 Å². The molecule has 0 saturated carbocycles. The van der Waals surface area contributed by atoms with E-state index in [9.17, 15) is 4.79 Å². The van der Waals surface area contributed by atoms with Crippen LogP contribution >= 0.6 is 0 Å². The van der Waals surface area contributed by atoms with Crippen molar-refractivity contribution >= 4 is 11.7 Å². The molecule has 0 spiro atoms. The molecule has 0 bridgehead atoms. The molecule has 1 aliphatic rings. The van der Waals surface area contributed by atoms with E-state index in [-0.39, 0.29) is 6.29 Å². The summed E-state index contributed by atoms with van der Waals surface area (Å²) in [6, 6.07) is 11.6. The first-order chi connectivity index (χ1) is 14.1. The average molecular weight is 399 g/mol. The fourth-order valence-electron chi connectivity index (χ4n) is 3.28. The summed E-state index contributed by atoms with van der Waals surface area (Å²) >= 11 is 0. The minimum absolute atomic E-state index is 0.356. The van der Waals surface area contributed by atoms with Crippen LogP contribution in [0, 0.1) is 0 Å². The number of esters is 1. The SMILES string of the molecule is COC(=O)/C=C/N(Cc1cccc2c1COC2OC)c1ccc(OC)c(OC)c1. The van der Waals surface area contributed by atoms with Crippen LogP contribution in [-0.2, 0) is 32.2 Å². The molecule has 1 heterocycles. The Morgan fingerprint density at radius 1 is 1.14 bits per heavy atom. The normalized spacial score (nSPS) is 15.2. The first-order valence-corrected chi connectivity index (χ1v) is 9.11.